The van der Waals surface area contributed by atoms with Crippen LogP contribution in [-0.2, 0) is 9.59 Å². The normalized spacial score (nSPS) is 40.2. The quantitative estimate of drug-likeness (QED) is 0.550. The molecule has 0 aromatic carbocycles. The van der Waals surface area contributed by atoms with Gasteiger partial charge in [-0.05, 0) is 63.9 Å². The van der Waals surface area contributed by atoms with Crippen molar-refractivity contribution >= 4 is 11.7 Å². The van der Waals surface area contributed by atoms with Gasteiger partial charge >= 0.3 is 0 Å². The number of allylic oxidation sites excluding steroid dienone is 6. The van der Waals surface area contributed by atoms with Gasteiger partial charge in [-0.1, -0.05) is 50.1 Å². The van der Waals surface area contributed by atoms with Crippen LogP contribution < -0.4 is 5.32 Å². The molecule has 0 saturated carbocycles. The molecule has 5 atom stereocenters. The average molecular weight is 370 g/mol. The molecular formula is C24H35NO2. The van der Waals surface area contributed by atoms with Crippen LogP contribution in [0.4, 0.5) is 0 Å². The van der Waals surface area contributed by atoms with Crippen molar-refractivity contribution in [2.75, 3.05) is 0 Å². The molecule has 0 bridgehead atoms. The number of hydrogen-bond acceptors (Lipinski definition) is 2. The van der Waals surface area contributed by atoms with Crippen LogP contribution in [0.1, 0.15) is 66.7 Å². The molecule has 3 rings (SSSR count). The summed E-state index contributed by atoms with van der Waals surface area (Å²) in [7, 11) is 0. The van der Waals surface area contributed by atoms with E-state index in [9.17, 15) is 9.59 Å². The van der Waals surface area contributed by atoms with E-state index >= 15 is 0 Å². The van der Waals surface area contributed by atoms with Crippen molar-refractivity contribution in [2.45, 2.75) is 72.8 Å². The lowest BCUT2D eigenvalue weighted by atomic mass is 9.55. The van der Waals surface area contributed by atoms with E-state index in [1.54, 1.807) is 6.08 Å². The second-order valence-corrected chi connectivity index (χ2v) is 9.35. The van der Waals surface area contributed by atoms with E-state index in [0.29, 0.717) is 5.92 Å². The predicted octanol–water partition coefficient (Wildman–Crippen LogP) is 4.99. The number of ketones is 1. The van der Waals surface area contributed by atoms with Crippen molar-refractivity contribution in [3.63, 3.8) is 0 Å². The highest BCUT2D eigenvalue weighted by molar-refractivity contribution is 6.13. The van der Waals surface area contributed by atoms with E-state index in [2.05, 4.69) is 52.1 Å². The van der Waals surface area contributed by atoms with Crippen molar-refractivity contribution < 1.29 is 9.59 Å². The minimum Gasteiger partial charge on any atom is -0.352 e. The van der Waals surface area contributed by atoms with Crippen LogP contribution >= 0.6 is 0 Å². The molecule has 1 aliphatic heterocycles. The first-order valence-electron chi connectivity index (χ1n) is 10.7. The molecule has 1 heterocycles. The van der Waals surface area contributed by atoms with E-state index in [1.807, 2.05) is 6.08 Å². The molecule has 3 heteroatoms. The molecule has 1 amide bonds. The Hall–Kier alpha value is -1.64. The van der Waals surface area contributed by atoms with Gasteiger partial charge in [0, 0.05) is 17.9 Å². The second kappa shape index (κ2) is 7.77. The third-order valence-electron chi connectivity index (χ3n) is 6.93. The Bertz CT molecular complexity index is 699. The Morgan fingerprint density at radius 1 is 1.19 bits per heavy atom. The summed E-state index contributed by atoms with van der Waals surface area (Å²) >= 11 is 0. The van der Waals surface area contributed by atoms with Crippen LogP contribution in [0.2, 0.25) is 0 Å². The van der Waals surface area contributed by atoms with Gasteiger partial charge in [-0.15, -0.1) is 0 Å². The molecule has 148 valence electrons. The second-order valence-electron chi connectivity index (χ2n) is 9.35. The smallest absolute Gasteiger partial charge is 0.235 e. The van der Waals surface area contributed by atoms with E-state index in [4.69, 9.17) is 0 Å². The summed E-state index contributed by atoms with van der Waals surface area (Å²) in [6.07, 6.45) is 13.2. The van der Waals surface area contributed by atoms with Gasteiger partial charge in [0.05, 0.1) is 0 Å². The highest BCUT2D eigenvalue weighted by atomic mass is 16.2. The van der Waals surface area contributed by atoms with Crippen molar-refractivity contribution in [1.82, 2.24) is 5.32 Å². The Morgan fingerprint density at radius 2 is 1.93 bits per heavy atom. The molecule has 3 nitrogen and oxygen atoms in total. The van der Waals surface area contributed by atoms with Crippen LogP contribution in [0.25, 0.3) is 0 Å². The van der Waals surface area contributed by atoms with Crippen LogP contribution in [0, 0.1) is 29.1 Å². The lowest BCUT2D eigenvalue weighted by Crippen LogP contribution is -2.51. The van der Waals surface area contributed by atoms with E-state index < -0.39 is 5.41 Å². The van der Waals surface area contributed by atoms with Crippen molar-refractivity contribution in [3.05, 3.63) is 35.5 Å². The van der Waals surface area contributed by atoms with Gasteiger partial charge in [-0.2, -0.15) is 0 Å². The average Bonchev–Trinajstić information content (AvgIpc) is 2.86. The Labute approximate surface area is 164 Å². The molecule has 1 fully saturated rings. The van der Waals surface area contributed by atoms with Gasteiger partial charge in [0.2, 0.25) is 5.91 Å². The molecule has 0 radical (unpaired) electrons. The molecule has 3 aliphatic rings. The molecule has 2 aliphatic carbocycles. The van der Waals surface area contributed by atoms with Gasteiger partial charge in [-0.3, -0.25) is 9.59 Å². The summed E-state index contributed by atoms with van der Waals surface area (Å²) in [6, 6.07) is 0.0647. The monoisotopic (exact) mass is 369 g/mol. The Kier molecular flexibility index (Phi) is 5.79. The lowest BCUT2D eigenvalue weighted by Gasteiger charge is -2.44. The highest BCUT2D eigenvalue weighted by Gasteiger charge is 2.64. The van der Waals surface area contributed by atoms with Crippen LogP contribution in [-0.4, -0.2) is 17.7 Å². The first-order valence-corrected chi connectivity index (χ1v) is 10.7. The highest BCUT2D eigenvalue weighted by Crippen LogP contribution is 2.55. The number of carbonyl (C=O) groups excluding carboxylic acids is 2. The minimum absolute atomic E-state index is 0.00260. The van der Waals surface area contributed by atoms with E-state index in [0.717, 1.165) is 32.1 Å². The third kappa shape index (κ3) is 3.46. The van der Waals surface area contributed by atoms with E-state index in [1.165, 1.54) is 11.1 Å². The van der Waals surface area contributed by atoms with Crippen LogP contribution in [0.3, 0.4) is 0 Å². The first kappa shape index (κ1) is 20.1. The maximum Gasteiger partial charge on any atom is 0.235 e. The fraction of sp³-hybridized carbons (Fsp3) is 0.667. The summed E-state index contributed by atoms with van der Waals surface area (Å²) in [4.78, 5) is 27.0. The molecule has 1 spiro atoms. The molecule has 1 N–H and O–H groups in total. The fourth-order valence-electron chi connectivity index (χ4n) is 5.53. The summed E-state index contributed by atoms with van der Waals surface area (Å²) in [5, 5.41) is 3.26. The molecule has 1 saturated heterocycles. The van der Waals surface area contributed by atoms with Gasteiger partial charge in [0.15, 0.2) is 5.78 Å². The van der Waals surface area contributed by atoms with Gasteiger partial charge in [-0.25, -0.2) is 0 Å². The van der Waals surface area contributed by atoms with Crippen molar-refractivity contribution in [1.29, 1.82) is 0 Å². The summed E-state index contributed by atoms with van der Waals surface area (Å²) in [5.74, 6) is 0.517. The molecule has 0 unspecified atom stereocenters. The minimum atomic E-state index is -0.986. The zero-order valence-electron chi connectivity index (χ0n) is 17.5. The summed E-state index contributed by atoms with van der Waals surface area (Å²) in [6.45, 7) is 10.9. The molecule has 27 heavy (non-hydrogen) atoms. The third-order valence-corrected chi connectivity index (χ3v) is 6.93. The largest absolute Gasteiger partial charge is 0.352 e. The summed E-state index contributed by atoms with van der Waals surface area (Å²) in [5.41, 5.74) is 1.62. The zero-order chi connectivity index (χ0) is 19.8. The van der Waals surface area contributed by atoms with Crippen LogP contribution in [0.5, 0.6) is 0 Å². The first-order chi connectivity index (χ1) is 12.8. The summed E-state index contributed by atoms with van der Waals surface area (Å²) < 4.78 is 0. The number of hydrogen-bond donors (Lipinski definition) is 1. The standard InChI is InChI=1S/C24H35NO2/c1-15(2)12-20-22-18(5)17(4)14-19-13-16(3)10-8-6-7-9-11-21(26)24(19,22)23(27)25-20/h9,11,13-15,18-20,22H,6-8,10,12H2,1-5H3,(H,25,27)/b11-9-,16-13-/t18-,19+,20+,22+,24-/m1/s1. The Morgan fingerprint density at radius 3 is 2.63 bits per heavy atom. The zero-order valence-corrected chi connectivity index (χ0v) is 17.5. The lowest BCUT2D eigenvalue weighted by molar-refractivity contribution is -0.142. The maximum absolute atomic E-state index is 13.6. The van der Waals surface area contributed by atoms with Gasteiger partial charge in [0.1, 0.15) is 5.41 Å². The van der Waals surface area contributed by atoms with Crippen molar-refractivity contribution in [2.24, 2.45) is 29.1 Å². The molecule has 0 aromatic rings. The maximum atomic E-state index is 13.6. The topological polar surface area (TPSA) is 46.2 Å². The van der Waals surface area contributed by atoms with Gasteiger partial charge in [0.25, 0.3) is 0 Å². The molecular weight excluding hydrogens is 334 g/mol. The number of rotatable bonds is 2. The fourth-order valence-corrected chi connectivity index (χ4v) is 5.53. The van der Waals surface area contributed by atoms with Gasteiger partial charge < -0.3 is 5.32 Å². The number of carbonyl (C=O) groups is 2. The van der Waals surface area contributed by atoms with Crippen LogP contribution in [0.15, 0.2) is 35.5 Å². The number of amides is 1. The van der Waals surface area contributed by atoms with Crippen molar-refractivity contribution in [3.8, 4) is 0 Å². The van der Waals surface area contributed by atoms with E-state index in [-0.39, 0.29) is 35.5 Å². The number of nitrogens with one attached hydrogen (secondary N) is 1. The molecule has 0 aromatic heterocycles. The predicted molar refractivity (Wildman–Crippen MR) is 110 cm³/mol. The SMILES string of the molecule is CC1=C[C@@H]2/C=C(/C)CCCC/C=C\C(=O)[C@]23C(=O)N[C@@H](CC(C)C)[C@@H]3[C@@H]1C. The Balaban J connectivity index is 2.19.